The Kier molecular flexibility index (Phi) is 6.69. The van der Waals surface area contributed by atoms with Crippen LogP contribution >= 0.6 is 12.4 Å². The number of nitro benzene ring substituents is 1. The molecule has 2 N–H and O–H groups in total. The molecule has 2 rings (SSSR count). The van der Waals surface area contributed by atoms with Gasteiger partial charge in [-0.05, 0) is 25.5 Å². The zero-order valence-electron chi connectivity index (χ0n) is 12.2. The lowest BCUT2D eigenvalue weighted by Crippen LogP contribution is -2.45. The number of hydrogen-bond donors (Lipinski definition) is 2. The Bertz CT molecular complexity index is 680. The number of hydrogen-bond acceptors (Lipinski definition) is 6. The van der Waals surface area contributed by atoms with E-state index in [1.165, 1.54) is 0 Å². The molecule has 1 aliphatic heterocycles. The Morgan fingerprint density at radius 2 is 2.17 bits per heavy atom. The van der Waals surface area contributed by atoms with Gasteiger partial charge in [0.25, 0.3) is 0 Å². The van der Waals surface area contributed by atoms with E-state index in [0.717, 1.165) is 26.1 Å². The van der Waals surface area contributed by atoms with Crippen molar-refractivity contribution in [2.24, 2.45) is 0 Å². The van der Waals surface area contributed by atoms with Gasteiger partial charge in [-0.1, -0.05) is 0 Å². The third-order valence-electron chi connectivity index (χ3n) is 3.33. The molecule has 0 bridgehead atoms. The molecule has 1 aromatic rings. The summed E-state index contributed by atoms with van der Waals surface area (Å²) >= 11 is 0. The maximum atomic E-state index is 13.8. The minimum Gasteiger partial charge on any atom is -0.488 e. The van der Waals surface area contributed by atoms with E-state index in [9.17, 15) is 22.9 Å². The van der Waals surface area contributed by atoms with Gasteiger partial charge in [0.2, 0.25) is 15.8 Å². The molecule has 1 unspecified atom stereocenters. The van der Waals surface area contributed by atoms with Crippen LogP contribution in [0.25, 0.3) is 0 Å². The standard InChI is InChI=1S/C12H16FN3O5S.ClH/c1-21-12-10(13)5-9(6-11(12)16(17)18)22(19,20)15-8-3-2-4-14-7-8;/h5-6,8,14-15H,2-4,7H2,1H3;1H. The number of methoxy groups -OCH3 is 1. The SMILES string of the molecule is COc1c(F)cc(S(=O)(=O)NC2CCCNC2)cc1[N+](=O)[O-].Cl. The highest BCUT2D eigenvalue weighted by Gasteiger charge is 2.28. The minimum atomic E-state index is -4.05. The second-order valence-corrected chi connectivity index (χ2v) is 6.59. The van der Waals surface area contributed by atoms with Gasteiger partial charge in [-0.15, -0.1) is 12.4 Å². The van der Waals surface area contributed by atoms with Crippen molar-refractivity contribution in [2.45, 2.75) is 23.8 Å². The third-order valence-corrected chi connectivity index (χ3v) is 4.83. The number of nitrogens with zero attached hydrogens (tertiary/aromatic N) is 1. The van der Waals surface area contributed by atoms with E-state index < -0.39 is 37.1 Å². The van der Waals surface area contributed by atoms with E-state index in [-0.39, 0.29) is 18.4 Å². The Hall–Kier alpha value is -1.49. The number of ether oxygens (including phenoxy) is 1. The predicted molar refractivity (Wildman–Crippen MR) is 83.1 cm³/mol. The van der Waals surface area contributed by atoms with E-state index in [1.54, 1.807) is 0 Å². The zero-order valence-corrected chi connectivity index (χ0v) is 13.9. The van der Waals surface area contributed by atoms with Crippen molar-refractivity contribution in [3.05, 3.63) is 28.1 Å². The van der Waals surface area contributed by atoms with Crippen LogP contribution in [0.15, 0.2) is 17.0 Å². The van der Waals surface area contributed by atoms with Gasteiger partial charge in [0.05, 0.1) is 16.9 Å². The first kappa shape index (κ1) is 19.6. The fraction of sp³-hybridized carbons (Fsp3) is 0.500. The molecule has 0 spiro atoms. The smallest absolute Gasteiger partial charge is 0.315 e. The second kappa shape index (κ2) is 7.86. The van der Waals surface area contributed by atoms with E-state index >= 15 is 0 Å². The summed E-state index contributed by atoms with van der Waals surface area (Å²) < 4.78 is 45.4. The average molecular weight is 370 g/mol. The summed E-state index contributed by atoms with van der Waals surface area (Å²) in [6.07, 6.45) is 1.46. The molecule has 23 heavy (non-hydrogen) atoms. The van der Waals surface area contributed by atoms with Crippen LogP contribution in [-0.2, 0) is 10.0 Å². The van der Waals surface area contributed by atoms with Crippen molar-refractivity contribution in [1.29, 1.82) is 0 Å². The van der Waals surface area contributed by atoms with Crippen LogP contribution in [-0.4, -0.2) is 39.6 Å². The highest BCUT2D eigenvalue weighted by atomic mass is 35.5. The molecule has 11 heteroatoms. The minimum absolute atomic E-state index is 0. The predicted octanol–water partition coefficient (Wildman–Crippen LogP) is 1.19. The molecule has 1 aromatic carbocycles. The lowest BCUT2D eigenvalue weighted by molar-refractivity contribution is -0.386. The Labute approximate surface area is 139 Å². The molecule has 0 amide bonds. The molecule has 130 valence electrons. The lowest BCUT2D eigenvalue weighted by atomic mass is 10.1. The molecule has 1 atom stereocenters. The molecule has 1 fully saturated rings. The van der Waals surface area contributed by atoms with Gasteiger partial charge in [0, 0.05) is 18.7 Å². The van der Waals surface area contributed by atoms with E-state index in [1.807, 2.05) is 0 Å². The molecular weight excluding hydrogens is 353 g/mol. The average Bonchev–Trinajstić information content (AvgIpc) is 2.46. The normalized spacial score (nSPS) is 18.1. The van der Waals surface area contributed by atoms with E-state index in [4.69, 9.17) is 0 Å². The van der Waals surface area contributed by atoms with Crippen molar-refractivity contribution in [3.8, 4) is 5.75 Å². The maximum absolute atomic E-state index is 13.8. The largest absolute Gasteiger partial charge is 0.488 e. The van der Waals surface area contributed by atoms with Gasteiger partial charge in [0.15, 0.2) is 5.82 Å². The van der Waals surface area contributed by atoms with Crippen LogP contribution in [0.2, 0.25) is 0 Å². The topological polar surface area (TPSA) is 111 Å². The fourth-order valence-electron chi connectivity index (χ4n) is 2.29. The first-order valence-electron chi connectivity index (χ1n) is 6.60. The van der Waals surface area contributed by atoms with Crippen LogP contribution in [0.1, 0.15) is 12.8 Å². The summed E-state index contributed by atoms with van der Waals surface area (Å²) in [5, 5.41) is 14.0. The summed E-state index contributed by atoms with van der Waals surface area (Å²) in [6.45, 7) is 1.26. The number of benzene rings is 1. The van der Waals surface area contributed by atoms with Crippen molar-refractivity contribution < 1.29 is 22.5 Å². The first-order valence-corrected chi connectivity index (χ1v) is 8.08. The van der Waals surface area contributed by atoms with Crippen molar-refractivity contribution in [1.82, 2.24) is 10.0 Å². The van der Waals surface area contributed by atoms with Gasteiger partial charge in [0.1, 0.15) is 0 Å². The Morgan fingerprint density at radius 3 is 2.70 bits per heavy atom. The van der Waals surface area contributed by atoms with Gasteiger partial charge < -0.3 is 10.1 Å². The quantitative estimate of drug-likeness (QED) is 0.596. The lowest BCUT2D eigenvalue weighted by Gasteiger charge is -2.23. The third kappa shape index (κ3) is 4.50. The molecule has 0 radical (unpaired) electrons. The highest BCUT2D eigenvalue weighted by molar-refractivity contribution is 7.89. The van der Waals surface area contributed by atoms with E-state index in [2.05, 4.69) is 14.8 Å². The number of rotatable bonds is 5. The summed E-state index contributed by atoms with van der Waals surface area (Å²) in [7, 11) is -2.98. The van der Waals surface area contributed by atoms with Gasteiger partial charge >= 0.3 is 5.69 Å². The monoisotopic (exact) mass is 369 g/mol. The maximum Gasteiger partial charge on any atom is 0.315 e. The van der Waals surface area contributed by atoms with Gasteiger partial charge in [-0.2, -0.15) is 0 Å². The molecule has 0 aromatic heterocycles. The summed E-state index contributed by atoms with van der Waals surface area (Å²) in [6, 6.07) is 1.17. The Morgan fingerprint density at radius 1 is 1.48 bits per heavy atom. The van der Waals surface area contributed by atoms with Gasteiger partial charge in [-0.25, -0.2) is 17.5 Å². The van der Waals surface area contributed by atoms with Gasteiger partial charge in [-0.3, -0.25) is 10.1 Å². The second-order valence-electron chi connectivity index (χ2n) is 4.88. The Balaban J connectivity index is 0.00000264. The van der Waals surface area contributed by atoms with Crippen molar-refractivity contribution >= 4 is 28.1 Å². The van der Waals surface area contributed by atoms with Crippen LogP contribution in [0.3, 0.4) is 0 Å². The number of nitrogens with one attached hydrogen (secondary N) is 2. The summed E-state index contributed by atoms with van der Waals surface area (Å²) in [4.78, 5) is 9.55. The molecule has 0 aliphatic carbocycles. The molecule has 0 saturated carbocycles. The van der Waals surface area contributed by atoms with Crippen LogP contribution in [0, 0.1) is 15.9 Å². The molecule has 1 aliphatic rings. The van der Waals surface area contributed by atoms with Crippen molar-refractivity contribution in [2.75, 3.05) is 20.2 Å². The number of sulfonamides is 1. The summed E-state index contributed by atoms with van der Waals surface area (Å²) in [5.74, 6) is -1.69. The number of halogens is 2. The zero-order chi connectivity index (χ0) is 16.3. The number of nitro groups is 1. The highest BCUT2D eigenvalue weighted by Crippen LogP contribution is 2.32. The van der Waals surface area contributed by atoms with E-state index in [0.29, 0.717) is 19.0 Å². The molecular formula is C12H17ClFN3O5S. The molecule has 1 heterocycles. The van der Waals surface area contributed by atoms with Crippen molar-refractivity contribution in [3.63, 3.8) is 0 Å². The first-order chi connectivity index (χ1) is 10.3. The number of piperidine rings is 1. The van der Waals surface area contributed by atoms with Crippen LogP contribution < -0.4 is 14.8 Å². The fourth-order valence-corrected chi connectivity index (χ4v) is 3.59. The molecule has 1 saturated heterocycles. The molecule has 8 nitrogen and oxygen atoms in total. The summed E-state index contributed by atoms with van der Waals surface area (Å²) in [5.41, 5.74) is -0.732. The van der Waals surface area contributed by atoms with Crippen LogP contribution in [0.4, 0.5) is 10.1 Å². The van der Waals surface area contributed by atoms with Crippen LogP contribution in [0.5, 0.6) is 5.75 Å².